The van der Waals surface area contributed by atoms with Crippen LogP contribution in [0.2, 0.25) is 0 Å². The van der Waals surface area contributed by atoms with Gasteiger partial charge in [0.2, 0.25) is 6.41 Å². The Morgan fingerprint density at radius 3 is 2.90 bits per heavy atom. The third kappa shape index (κ3) is 1.49. The Hall–Kier alpha value is -0.530. The molecule has 0 unspecified atom stereocenters. The first kappa shape index (κ1) is 7.58. The molecule has 1 aliphatic rings. The molecule has 1 saturated heterocycles. The first-order valence-electron chi connectivity index (χ1n) is 4.09. The Bertz CT molecular complexity index is 114. The van der Waals surface area contributed by atoms with Crippen LogP contribution in [0.1, 0.15) is 32.6 Å². The quantitative estimate of drug-likeness (QED) is 0.532. The third-order valence-electron chi connectivity index (χ3n) is 2.28. The molecule has 0 radical (unpaired) electrons. The molecular formula is C8H15NO. The molecule has 10 heavy (non-hydrogen) atoms. The normalized spacial score (nSPS) is 26.5. The summed E-state index contributed by atoms with van der Waals surface area (Å²) in [7, 11) is 0. The molecule has 0 aromatic carbocycles. The van der Waals surface area contributed by atoms with E-state index in [0.29, 0.717) is 6.04 Å². The van der Waals surface area contributed by atoms with Gasteiger partial charge in [-0.15, -0.1) is 0 Å². The molecule has 0 spiro atoms. The second kappa shape index (κ2) is 3.59. The predicted octanol–water partition coefficient (Wildman–Crippen LogP) is 1.41. The number of hydrogen-bond acceptors (Lipinski definition) is 1. The molecule has 1 rings (SSSR count). The zero-order valence-corrected chi connectivity index (χ0v) is 6.55. The van der Waals surface area contributed by atoms with Gasteiger partial charge >= 0.3 is 0 Å². The van der Waals surface area contributed by atoms with Crippen LogP contribution in [0.5, 0.6) is 0 Å². The maximum Gasteiger partial charge on any atom is 0.209 e. The number of likely N-dealkylation sites (tertiary alicyclic amines) is 1. The van der Waals surface area contributed by atoms with E-state index in [0.717, 1.165) is 19.4 Å². The summed E-state index contributed by atoms with van der Waals surface area (Å²) < 4.78 is 0. The van der Waals surface area contributed by atoms with E-state index >= 15 is 0 Å². The van der Waals surface area contributed by atoms with Gasteiger partial charge in [-0.05, 0) is 25.7 Å². The van der Waals surface area contributed by atoms with E-state index in [9.17, 15) is 4.79 Å². The highest BCUT2D eigenvalue weighted by molar-refractivity contribution is 5.47. The van der Waals surface area contributed by atoms with Gasteiger partial charge in [-0.25, -0.2) is 0 Å². The second-order valence-corrected chi connectivity index (χ2v) is 2.90. The SMILES string of the molecule is CC[C@H]1CCCCN1C=O. The summed E-state index contributed by atoms with van der Waals surface area (Å²) in [5, 5.41) is 0. The summed E-state index contributed by atoms with van der Waals surface area (Å²) in [6.07, 6.45) is 5.79. The van der Waals surface area contributed by atoms with Gasteiger partial charge < -0.3 is 4.90 Å². The highest BCUT2D eigenvalue weighted by atomic mass is 16.1. The van der Waals surface area contributed by atoms with Crippen molar-refractivity contribution in [1.82, 2.24) is 4.90 Å². The number of carbonyl (C=O) groups is 1. The van der Waals surface area contributed by atoms with Crippen molar-refractivity contribution in [2.75, 3.05) is 6.54 Å². The van der Waals surface area contributed by atoms with Crippen molar-refractivity contribution in [3.63, 3.8) is 0 Å². The second-order valence-electron chi connectivity index (χ2n) is 2.90. The molecule has 1 amide bonds. The Kier molecular flexibility index (Phi) is 2.72. The topological polar surface area (TPSA) is 20.3 Å². The van der Waals surface area contributed by atoms with Gasteiger partial charge in [-0.3, -0.25) is 4.79 Å². The average molecular weight is 141 g/mol. The molecule has 0 bridgehead atoms. The molecule has 1 atom stereocenters. The molecule has 1 fully saturated rings. The van der Waals surface area contributed by atoms with E-state index in [-0.39, 0.29) is 0 Å². The number of nitrogens with zero attached hydrogens (tertiary/aromatic N) is 1. The van der Waals surface area contributed by atoms with Gasteiger partial charge in [-0.1, -0.05) is 6.92 Å². The smallest absolute Gasteiger partial charge is 0.209 e. The largest absolute Gasteiger partial charge is 0.342 e. The number of carbonyl (C=O) groups excluding carboxylic acids is 1. The minimum Gasteiger partial charge on any atom is -0.342 e. The molecule has 0 aromatic heterocycles. The van der Waals surface area contributed by atoms with Crippen LogP contribution in [-0.2, 0) is 4.79 Å². The molecule has 1 heterocycles. The first-order valence-corrected chi connectivity index (χ1v) is 4.09. The van der Waals surface area contributed by atoms with Gasteiger partial charge in [0.1, 0.15) is 0 Å². The Morgan fingerprint density at radius 1 is 1.60 bits per heavy atom. The van der Waals surface area contributed by atoms with E-state index in [1.54, 1.807) is 0 Å². The van der Waals surface area contributed by atoms with Crippen molar-refractivity contribution in [2.45, 2.75) is 38.6 Å². The predicted molar refractivity (Wildman–Crippen MR) is 40.7 cm³/mol. The van der Waals surface area contributed by atoms with Crippen molar-refractivity contribution in [1.29, 1.82) is 0 Å². The van der Waals surface area contributed by atoms with Crippen molar-refractivity contribution in [3.8, 4) is 0 Å². The van der Waals surface area contributed by atoms with Crippen molar-refractivity contribution < 1.29 is 4.79 Å². The van der Waals surface area contributed by atoms with E-state index in [4.69, 9.17) is 0 Å². The Balaban J connectivity index is 2.41. The van der Waals surface area contributed by atoms with Crippen LogP contribution < -0.4 is 0 Å². The molecule has 0 aliphatic carbocycles. The van der Waals surface area contributed by atoms with E-state index in [1.165, 1.54) is 19.3 Å². The highest BCUT2D eigenvalue weighted by Gasteiger charge is 2.17. The van der Waals surface area contributed by atoms with Crippen LogP contribution in [0.25, 0.3) is 0 Å². The lowest BCUT2D eigenvalue weighted by Gasteiger charge is -2.31. The average Bonchev–Trinajstić information content (AvgIpc) is 2.04. The van der Waals surface area contributed by atoms with Gasteiger partial charge in [-0.2, -0.15) is 0 Å². The van der Waals surface area contributed by atoms with Gasteiger partial charge in [0, 0.05) is 12.6 Å². The summed E-state index contributed by atoms with van der Waals surface area (Å²) in [6, 6.07) is 0.534. The van der Waals surface area contributed by atoms with Crippen molar-refractivity contribution >= 4 is 6.41 Å². The number of hydrogen-bond donors (Lipinski definition) is 0. The lowest BCUT2D eigenvalue weighted by atomic mass is 10.0. The fraction of sp³-hybridized carbons (Fsp3) is 0.875. The summed E-state index contributed by atoms with van der Waals surface area (Å²) in [5.41, 5.74) is 0. The molecule has 0 N–H and O–H groups in total. The minimum atomic E-state index is 0.534. The lowest BCUT2D eigenvalue weighted by molar-refractivity contribution is -0.121. The fourth-order valence-corrected chi connectivity index (χ4v) is 1.60. The van der Waals surface area contributed by atoms with Crippen LogP contribution in [0.4, 0.5) is 0 Å². The fourth-order valence-electron chi connectivity index (χ4n) is 1.60. The minimum absolute atomic E-state index is 0.534. The summed E-state index contributed by atoms with van der Waals surface area (Å²) in [4.78, 5) is 12.4. The molecule has 0 saturated carbocycles. The Morgan fingerprint density at radius 2 is 2.40 bits per heavy atom. The molecule has 58 valence electrons. The van der Waals surface area contributed by atoms with E-state index < -0.39 is 0 Å². The lowest BCUT2D eigenvalue weighted by Crippen LogP contribution is -2.37. The standard InChI is InChI=1S/C8H15NO/c1-2-8-5-3-4-6-9(8)7-10/h7-8H,2-6H2,1H3/t8-/m0/s1. The maximum absolute atomic E-state index is 10.5. The molecule has 2 heteroatoms. The third-order valence-corrected chi connectivity index (χ3v) is 2.28. The zero-order valence-electron chi connectivity index (χ0n) is 6.55. The Labute approximate surface area is 62.2 Å². The molecular weight excluding hydrogens is 126 g/mol. The number of piperidine rings is 1. The van der Waals surface area contributed by atoms with Crippen LogP contribution in [-0.4, -0.2) is 23.9 Å². The summed E-state index contributed by atoms with van der Waals surface area (Å²) in [6.45, 7) is 3.12. The van der Waals surface area contributed by atoms with Crippen LogP contribution in [0, 0.1) is 0 Å². The maximum atomic E-state index is 10.5. The van der Waals surface area contributed by atoms with Gasteiger partial charge in [0.25, 0.3) is 0 Å². The van der Waals surface area contributed by atoms with Crippen molar-refractivity contribution in [2.24, 2.45) is 0 Å². The molecule has 0 aromatic rings. The van der Waals surface area contributed by atoms with Crippen molar-refractivity contribution in [3.05, 3.63) is 0 Å². The van der Waals surface area contributed by atoms with Gasteiger partial charge in [0.15, 0.2) is 0 Å². The number of amides is 1. The monoisotopic (exact) mass is 141 g/mol. The number of rotatable bonds is 2. The van der Waals surface area contributed by atoms with E-state index in [2.05, 4.69) is 6.92 Å². The van der Waals surface area contributed by atoms with Gasteiger partial charge in [0.05, 0.1) is 0 Å². The zero-order chi connectivity index (χ0) is 7.40. The summed E-state index contributed by atoms with van der Waals surface area (Å²) in [5.74, 6) is 0. The molecule has 2 nitrogen and oxygen atoms in total. The van der Waals surface area contributed by atoms with Crippen LogP contribution in [0.15, 0.2) is 0 Å². The first-order chi connectivity index (χ1) is 4.88. The van der Waals surface area contributed by atoms with Crippen LogP contribution in [0.3, 0.4) is 0 Å². The summed E-state index contributed by atoms with van der Waals surface area (Å²) >= 11 is 0. The van der Waals surface area contributed by atoms with Crippen LogP contribution >= 0.6 is 0 Å². The molecule has 1 aliphatic heterocycles. The van der Waals surface area contributed by atoms with E-state index in [1.807, 2.05) is 4.90 Å². The highest BCUT2D eigenvalue weighted by Crippen LogP contribution is 2.16.